The van der Waals surface area contributed by atoms with Crippen molar-refractivity contribution in [3.8, 4) is 11.5 Å². The van der Waals surface area contributed by atoms with Gasteiger partial charge < -0.3 is 25.4 Å². The number of nitrogens with one attached hydrogen (secondary N) is 3. The lowest BCUT2D eigenvalue weighted by atomic mass is 9.95. The smallest absolute Gasteiger partial charge is 0.319 e. The van der Waals surface area contributed by atoms with E-state index in [1.165, 1.54) is 7.11 Å². The molecule has 0 saturated heterocycles. The number of amides is 3. The van der Waals surface area contributed by atoms with E-state index in [0.717, 1.165) is 10.0 Å². The van der Waals surface area contributed by atoms with Crippen LogP contribution >= 0.6 is 15.9 Å². The summed E-state index contributed by atoms with van der Waals surface area (Å²) in [4.78, 5) is 25.2. The Morgan fingerprint density at radius 3 is 2.57 bits per heavy atom. The van der Waals surface area contributed by atoms with Crippen LogP contribution in [0, 0.1) is 0 Å². The van der Waals surface area contributed by atoms with Gasteiger partial charge in [-0.15, -0.1) is 0 Å². The molecule has 146 valence electrons. The Hall–Kier alpha value is -3.00. The monoisotopic (exact) mass is 445 g/mol. The van der Waals surface area contributed by atoms with E-state index in [1.807, 2.05) is 24.3 Å². The second-order valence-corrected chi connectivity index (χ2v) is 6.97. The maximum Gasteiger partial charge on any atom is 0.319 e. The first-order valence-electron chi connectivity index (χ1n) is 8.50. The third kappa shape index (κ3) is 3.96. The SMILES string of the molecule is COc1ccc(NC(=O)C2=C(C)NC(=O)N[C@@H]2c2ccccc2Br)c(OC)c1. The van der Waals surface area contributed by atoms with Crippen LogP contribution in [0.15, 0.2) is 58.2 Å². The molecular weight excluding hydrogens is 426 g/mol. The number of urea groups is 1. The highest BCUT2D eigenvalue weighted by Crippen LogP contribution is 2.34. The van der Waals surface area contributed by atoms with E-state index in [2.05, 4.69) is 31.9 Å². The van der Waals surface area contributed by atoms with Crippen molar-refractivity contribution in [2.45, 2.75) is 13.0 Å². The van der Waals surface area contributed by atoms with E-state index in [4.69, 9.17) is 9.47 Å². The van der Waals surface area contributed by atoms with Gasteiger partial charge >= 0.3 is 6.03 Å². The minimum atomic E-state index is -0.603. The molecular formula is C20H20BrN3O4. The van der Waals surface area contributed by atoms with Crippen molar-refractivity contribution in [1.29, 1.82) is 0 Å². The van der Waals surface area contributed by atoms with Crippen LogP contribution in [0.4, 0.5) is 10.5 Å². The Morgan fingerprint density at radius 1 is 1.14 bits per heavy atom. The highest BCUT2D eigenvalue weighted by molar-refractivity contribution is 9.10. The molecule has 2 aromatic carbocycles. The molecule has 0 unspecified atom stereocenters. The number of hydrogen-bond donors (Lipinski definition) is 3. The van der Waals surface area contributed by atoms with Crippen LogP contribution in [0.5, 0.6) is 11.5 Å². The molecule has 1 aliphatic rings. The van der Waals surface area contributed by atoms with Crippen LogP contribution in [0.1, 0.15) is 18.5 Å². The maximum atomic E-state index is 13.1. The summed E-state index contributed by atoms with van der Waals surface area (Å²) in [6, 6.07) is 11.6. The van der Waals surface area contributed by atoms with E-state index >= 15 is 0 Å². The van der Waals surface area contributed by atoms with Gasteiger partial charge in [0.1, 0.15) is 11.5 Å². The lowest BCUT2D eigenvalue weighted by Crippen LogP contribution is -2.46. The summed E-state index contributed by atoms with van der Waals surface area (Å²) in [5.74, 6) is 0.730. The number of allylic oxidation sites excluding steroid dienone is 1. The number of methoxy groups -OCH3 is 2. The number of benzene rings is 2. The quantitative estimate of drug-likeness (QED) is 0.653. The van der Waals surface area contributed by atoms with Crippen molar-refractivity contribution >= 4 is 33.6 Å². The van der Waals surface area contributed by atoms with Gasteiger partial charge in [-0.2, -0.15) is 0 Å². The number of rotatable bonds is 5. The zero-order valence-electron chi connectivity index (χ0n) is 15.6. The molecule has 0 saturated carbocycles. The number of carbonyl (C=O) groups excluding carboxylic acids is 2. The highest BCUT2D eigenvalue weighted by atomic mass is 79.9. The molecule has 0 aromatic heterocycles. The Labute approximate surface area is 171 Å². The highest BCUT2D eigenvalue weighted by Gasteiger charge is 2.32. The lowest BCUT2D eigenvalue weighted by molar-refractivity contribution is -0.113. The van der Waals surface area contributed by atoms with Crippen LogP contribution < -0.4 is 25.4 Å². The summed E-state index contributed by atoms with van der Waals surface area (Å²) in [7, 11) is 3.07. The maximum absolute atomic E-state index is 13.1. The Balaban J connectivity index is 1.97. The van der Waals surface area contributed by atoms with Gasteiger partial charge in [-0.1, -0.05) is 34.1 Å². The molecule has 0 radical (unpaired) electrons. The average Bonchev–Trinajstić information content (AvgIpc) is 2.67. The third-order valence-corrected chi connectivity index (χ3v) is 5.11. The standard InChI is InChI=1S/C20H20BrN3O4/c1-11-17(18(24-20(26)22-11)13-6-4-5-7-14(13)21)19(25)23-15-9-8-12(27-2)10-16(15)28-3/h4-10,18H,1-3H3,(H,23,25)(H2,22,24,26)/t18-/m1/s1. The van der Waals surface area contributed by atoms with Crippen molar-refractivity contribution in [1.82, 2.24) is 10.6 Å². The first kappa shape index (κ1) is 19.8. The number of halogens is 1. The molecule has 3 amide bonds. The van der Waals surface area contributed by atoms with E-state index in [-0.39, 0.29) is 11.9 Å². The second kappa shape index (κ2) is 8.35. The van der Waals surface area contributed by atoms with Crippen molar-refractivity contribution in [3.63, 3.8) is 0 Å². The second-order valence-electron chi connectivity index (χ2n) is 6.11. The van der Waals surface area contributed by atoms with E-state index in [1.54, 1.807) is 32.2 Å². The zero-order chi connectivity index (χ0) is 20.3. The minimum Gasteiger partial charge on any atom is -0.497 e. The molecule has 3 N–H and O–H groups in total. The largest absolute Gasteiger partial charge is 0.497 e. The van der Waals surface area contributed by atoms with Crippen LogP contribution in [0.3, 0.4) is 0 Å². The fourth-order valence-electron chi connectivity index (χ4n) is 3.03. The normalized spacial score (nSPS) is 16.1. The van der Waals surface area contributed by atoms with Crippen LogP contribution in [-0.2, 0) is 4.79 Å². The molecule has 1 aliphatic heterocycles. The van der Waals surface area contributed by atoms with Crippen molar-refractivity contribution in [2.24, 2.45) is 0 Å². The molecule has 0 bridgehead atoms. The molecule has 0 fully saturated rings. The van der Waals surface area contributed by atoms with Crippen molar-refractivity contribution < 1.29 is 19.1 Å². The Bertz CT molecular complexity index is 958. The van der Waals surface area contributed by atoms with E-state index in [9.17, 15) is 9.59 Å². The first-order valence-corrected chi connectivity index (χ1v) is 9.30. The third-order valence-electron chi connectivity index (χ3n) is 4.39. The molecule has 0 spiro atoms. The van der Waals surface area contributed by atoms with E-state index < -0.39 is 6.04 Å². The number of ether oxygens (including phenoxy) is 2. The number of hydrogen-bond acceptors (Lipinski definition) is 4. The van der Waals surface area contributed by atoms with Gasteiger partial charge in [0.25, 0.3) is 5.91 Å². The van der Waals surface area contributed by atoms with Gasteiger partial charge in [0.05, 0.1) is 31.5 Å². The minimum absolute atomic E-state index is 0.353. The predicted octanol–water partition coefficient (Wildman–Crippen LogP) is 3.73. The Kier molecular flexibility index (Phi) is 5.89. The summed E-state index contributed by atoms with van der Waals surface area (Å²) in [5, 5.41) is 8.34. The summed E-state index contributed by atoms with van der Waals surface area (Å²) in [6.45, 7) is 1.70. The van der Waals surface area contributed by atoms with Crippen LogP contribution in [-0.4, -0.2) is 26.2 Å². The summed E-state index contributed by atoms with van der Waals surface area (Å²) in [6.07, 6.45) is 0. The van der Waals surface area contributed by atoms with Gasteiger partial charge in [0.2, 0.25) is 0 Å². The number of anilines is 1. The molecule has 7 nitrogen and oxygen atoms in total. The molecule has 3 rings (SSSR count). The van der Waals surface area contributed by atoms with E-state index in [0.29, 0.717) is 28.5 Å². The summed E-state index contributed by atoms with van der Waals surface area (Å²) < 4.78 is 11.3. The summed E-state index contributed by atoms with van der Waals surface area (Å²) in [5.41, 5.74) is 2.17. The molecule has 1 heterocycles. The molecule has 0 aliphatic carbocycles. The topological polar surface area (TPSA) is 88.7 Å². The molecule has 2 aromatic rings. The first-order chi connectivity index (χ1) is 13.4. The van der Waals surface area contributed by atoms with Gasteiger partial charge in [0, 0.05) is 16.2 Å². The van der Waals surface area contributed by atoms with Gasteiger partial charge in [-0.3, -0.25) is 4.79 Å². The van der Waals surface area contributed by atoms with Gasteiger partial charge in [0.15, 0.2) is 0 Å². The van der Waals surface area contributed by atoms with Gasteiger partial charge in [-0.25, -0.2) is 4.79 Å². The predicted molar refractivity (Wildman–Crippen MR) is 109 cm³/mol. The zero-order valence-corrected chi connectivity index (χ0v) is 17.2. The molecule has 1 atom stereocenters. The number of carbonyl (C=O) groups is 2. The molecule has 8 heteroatoms. The average molecular weight is 446 g/mol. The van der Waals surface area contributed by atoms with Crippen molar-refractivity contribution in [2.75, 3.05) is 19.5 Å². The van der Waals surface area contributed by atoms with Crippen molar-refractivity contribution in [3.05, 3.63) is 63.8 Å². The Morgan fingerprint density at radius 2 is 1.89 bits per heavy atom. The van der Waals surface area contributed by atoms with Crippen LogP contribution in [0.25, 0.3) is 0 Å². The fourth-order valence-corrected chi connectivity index (χ4v) is 3.54. The molecule has 28 heavy (non-hydrogen) atoms. The van der Waals surface area contributed by atoms with Crippen LogP contribution in [0.2, 0.25) is 0 Å². The fraction of sp³-hybridized carbons (Fsp3) is 0.200. The van der Waals surface area contributed by atoms with Gasteiger partial charge in [-0.05, 0) is 30.7 Å². The lowest BCUT2D eigenvalue weighted by Gasteiger charge is -2.29. The summed E-state index contributed by atoms with van der Waals surface area (Å²) >= 11 is 3.49.